The van der Waals surface area contributed by atoms with E-state index < -0.39 is 6.10 Å². The normalized spacial score (nSPS) is 16.8. The van der Waals surface area contributed by atoms with E-state index in [9.17, 15) is 15.0 Å². The number of aliphatic hydroxyl groups excluding tert-OH is 2. The van der Waals surface area contributed by atoms with Crippen LogP contribution in [0.2, 0.25) is 0 Å². The summed E-state index contributed by atoms with van der Waals surface area (Å²) in [6.45, 7) is 3.86. The van der Waals surface area contributed by atoms with E-state index in [0.717, 1.165) is 27.9 Å². The highest BCUT2D eigenvalue weighted by Gasteiger charge is 2.49. The molecule has 176 valence electrons. The van der Waals surface area contributed by atoms with Gasteiger partial charge in [-0.3, -0.25) is 4.79 Å². The first kappa shape index (κ1) is 22.5. The van der Waals surface area contributed by atoms with Gasteiger partial charge in [-0.1, -0.05) is 24.3 Å². The number of benzene rings is 2. The Morgan fingerprint density at radius 2 is 1.94 bits per heavy atom. The Labute approximate surface area is 198 Å². The SMILES string of the molecule is CC(O)c1cccc(-c2cnc(N3CC4(COC4)c4ccc(C(=O)N(C)CCO)cc43)nc2)c1. The van der Waals surface area contributed by atoms with Gasteiger partial charge in [0.05, 0.1) is 31.3 Å². The average molecular weight is 461 g/mol. The zero-order valence-corrected chi connectivity index (χ0v) is 19.3. The third-order valence-electron chi connectivity index (χ3n) is 6.69. The zero-order chi connectivity index (χ0) is 23.9. The molecule has 0 radical (unpaired) electrons. The minimum Gasteiger partial charge on any atom is -0.395 e. The molecule has 1 aromatic heterocycles. The molecule has 0 aliphatic carbocycles. The minimum absolute atomic E-state index is 0.0833. The largest absolute Gasteiger partial charge is 0.395 e. The summed E-state index contributed by atoms with van der Waals surface area (Å²) in [5.74, 6) is 0.422. The third kappa shape index (κ3) is 3.83. The van der Waals surface area contributed by atoms with Crippen LogP contribution in [0.25, 0.3) is 11.1 Å². The summed E-state index contributed by atoms with van der Waals surface area (Å²) in [7, 11) is 1.68. The fraction of sp³-hybridized carbons (Fsp3) is 0.346. The van der Waals surface area contributed by atoms with Crippen LogP contribution < -0.4 is 4.90 Å². The van der Waals surface area contributed by atoms with Crippen LogP contribution in [0, 0.1) is 0 Å². The van der Waals surface area contributed by atoms with Crippen LogP contribution in [-0.2, 0) is 10.2 Å². The summed E-state index contributed by atoms with van der Waals surface area (Å²) in [4.78, 5) is 25.7. The highest BCUT2D eigenvalue weighted by atomic mass is 16.5. The number of amides is 1. The number of carbonyl (C=O) groups excluding carboxylic acids is 1. The molecule has 2 N–H and O–H groups in total. The molecule has 1 fully saturated rings. The molecule has 2 aliphatic rings. The van der Waals surface area contributed by atoms with E-state index in [-0.39, 0.29) is 24.5 Å². The molecular formula is C26H28N4O4. The van der Waals surface area contributed by atoms with Crippen molar-refractivity contribution in [1.82, 2.24) is 14.9 Å². The van der Waals surface area contributed by atoms with Crippen molar-refractivity contribution in [3.63, 3.8) is 0 Å². The zero-order valence-electron chi connectivity index (χ0n) is 19.3. The standard InChI is InChI=1S/C26H28N4O4/c1-17(32)18-4-3-5-19(10-18)21-12-27-25(28-13-21)30-14-26(15-34-16-26)22-7-6-20(11-23(22)30)24(33)29(2)8-9-31/h3-7,10-13,17,31-32H,8-9,14-16H2,1-2H3. The van der Waals surface area contributed by atoms with Gasteiger partial charge in [0.25, 0.3) is 5.91 Å². The molecule has 3 heterocycles. The summed E-state index contributed by atoms with van der Waals surface area (Å²) < 4.78 is 5.57. The molecule has 2 aromatic carbocycles. The van der Waals surface area contributed by atoms with E-state index in [1.165, 1.54) is 4.90 Å². The number of nitrogens with zero attached hydrogens (tertiary/aromatic N) is 4. The lowest BCUT2D eigenvalue weighted by atomic mass is 9.80. The monoisotopic (exact) mass is 460 g/mol. The lowest BCUT2D eigenvalue weighted by Crippen LogP contribution is -2.49. The van der Waals surface area contributed by atoms with Crippen LogP contribution in [0.1, 0.15) is 34.5 Å². The van der Waals surface area contributed by atoms with Crippen LogP contribution >= 0.6 is 0 Å². The number of carbonyl (C=O) groups is 1. The van der Waals surface area contributed by atoms with Gasteiger partial charge in [0.2, 0.25) is 5.95 Å². The van der Waals surface area contributed by atoms with Gasteiger partial charge >= 0.3 is 0 Å². The van der Waals surface area contributed by atoms with Gasteiger partial charge in [-0.05, 0) is 41.8 Å². The second kappa shape index (κ2) is 8.79. The maximum absolute atomic E-state index is 12.8. The van der Waals surface area contributed by atoms with Crippen molar-refractivity contribution in [1.29, 1.82) is 0 Å². The van der Waals surface area contributed by atoms with Crippen LogP contribution in [-0.4, -0.2) is 70.9 Å². The Balaban J connectivity index is 1.47. The van der Waals surface area contributed by atoms with Gasteiger partial charge in [0.1, 0.15) is 0 Å². The first-order valence-electron chi connectivity index (χ1n) is 11.4. The van der Waals surface area contributed by atoms with Crippen molar-refractivity contribution in [3.8, 4) is 11.1 Å². The van der Waals surface area contributed by atoms with E-state index >= 15 is 0 Å². The third-order valence-corrected chi connectivity index (χ3v) is 6.69. The lowest BCUT2D eigenvalue weighted by molar-refractivity contribution is -0.0507. The Hall–Kier alpha value is -3.33. The molecule has 34 heavy (non-hydrogen) atoms. The number of ether oxygens (including phenoxy) is 1. The number of fused-ring (bicyclic) bond motifs is 2. The summed E-state index contributed by atoms with van der Waals surface area (Å²) in [5, 5.41) is 19.1. The summed E-state index contributed by atoms with van der Waals surface area (Å²) in [5.41, 5.74) is 5.13. The molecule has 1 spiro atoms. The average Bonchev–Trinajstić information content (AvgIpc) is 3.19. The molecule has 8 heteroatoms. The van der Waals surface area contributed by atoms with Crippen molar-refractivity contribution in [2.24, 2.45) is 0 Å². The first-order valence-corrected chi connectivity index (χ1v) is 11.4. The number of aromatic nitrogens is 2. The van der Waals surface area contributed by atoms with Crippen LogP contribution in [0.15, 0.2) is 54.9 Å². The quantitative estimate of drug-likeness (QED) is 0.584. The maximum Gasteiger partial charge on any atom is 0.253 e. The smallest absolute Gasteiger partial charge is 0.253 e. The van der Waals surface area contributed by atoms with E-state index in [0.29, 0.717) is 31.3 Å². The first-order chi connectivity index (χ1) is 16.4. The van der Waals surface area contributed by atoms with Gasteiger partial charge < -0.3 is 24.7 Å². The van der Waals surface area contributed by atoms with Crippen molar-refractivity contribution in [2.75, 3.05) is 44.9 Å². The molecule has 0 bridgehead atoms. The molecule has 8 nitrogen and oxygen atoms in total. The van der Waals surface area contributed by atoms with E-state index in [1.807, 2.05) is 42.5 Å². The fourth-order valence-corrected chi connectivity index (χ4v) is 4.64. The highest BCUT2D eigenvalue weighted by Crippen LogP contribution is 2.47. The predicted molar refractivity (Wildman–Crippen MR) is 128 cm³/mol. The molecule has 2 aliphatic heterocycles. The predicted octanol–water partition coefficient (Wildman–Crippen LogP) is 2.68. The molecule has 3 aromatic rings. The van der Waals surface area contributed by atoms with E-state index in [2.05, 4.69) is 14.9 Å². The molecule has 5 rings (SSSR count). The highest BCUT2D eigenvalue weighted by molar-refractivity contribution is 5.96. The topological polar surface area (TPSA) is 99.0 Å². The molecule has 0 saturated carbocycles. The second-order valence-corrected chi connectivity index (χ2v) is 9.11. The van der Waals surface area contributed by atoms with Gasteiger partial charge in [-0.15, -0.1) is 0 Å². The Kier molecular flexibility index (Phi) is 5.81. The van der Waals surface area contributed by atoms with Gasteiger partial charge in [-0.25, -0.2) is 9.97 Å². The summed E-state index contributed by atoms with van der Waals surface area (Å²) in [6, 6.07) is 13.5. The van der Waals surface area contributed by atoms with Crippen molar-refractivity contribution >= 4 is 17.5 Å². The molecule has 1 amide bonds. The van der Waals surface area contributed by atoms with E-state index in [1.54, 1.807) is 26.4 Å². The van der Waals surface area contributed by atoms with Gasteiger partial charge in [0, 0.05) is 49.3 Å². The summed E-state index contributed by atoms with van der Waals surface area (Å²) >= 11 is 0. The molecular weight excluding hydrogens is 432 g/mol. The summed E-state index contributed by atoms with van der Waals surface area (Å²) in [6.07, 6.45) is 3.03. The number of rotatable bonds is 6. The Morgan fingerprint density at radius 3 is 2.59 bits per heavy atom. The Bertz CT molecular complexity index is 1210. The number of likely N-dealkylation sites (N-methyl/N-ethyl adjacent to an activating group) is 1. The second-order valence-electron chi connectivity index (χ2n) is 9.11. The van der Waals surface area contributed by atoms with Crippen molar-refractivity contribution in [3.05, 3.63) is 71.5 Å². The molecule has 1 unspecified atom stereocenters. The van der Waals surface area contributed by atoms with Crippen molar-refractivity contribution < 1.29 is 19.7 Å². The van der Waals surface area contributed by atoms with Crippen LogP contribution in [0.4, 0.5) is 11.6 Å². The fourth-order valence-electron chi connectivity index (χ4n) is 4.64. The maximum atomic E-state index is 12.8. The minimum atomic E-state index is -0.546. The van der Waals surface area contributed by atoms with Crippen molar-refractivity contribution in [2.45, 2.75) is 18.4 Å². The number of hydrogen-bond donors (Lipinski definition) is 2. The Morgan fingerprint density at radius 1 is 1.18 bits per heavy atom. The number of hydrogen-bond acceptors (Lipinski definition) is 7. The van der Waals surface area contributed by atoms with Crippen LogP contribution in [0.5, 0.6) is 0 Å². The number of anilines is 2. The number of aliphatic hydroxyl groups is 2. The van der Waals surface area contributed by atoms with Gasteiger partial charge in [-0.2, -0.15) is 0 Å². The lowest BCUT2D eigenvalue weighted by Gasteiger charge is -2.38. The van der Waals surface area contributed by atoms with E-state index in [4.69, 9.17) is 4.74 Å². The molecule has 1 saturated heterocycles. The van der Waals surface area contributed by atoms with Crippen LogP contribution in [0.3, 0.4) is 0 Å². The molecule has 1 atom stereocenters. The van der Waals surface area contributed by atoms with Gasteiger partial charge in [0.15, 0.2) is 0 Å².